The molecule has 6 rings (SSSR count). The van der Waals surface area contributed by atoms with E-state index in [0.29, 0.717) is 18.1 Å². The van der Waals surface area contributed by atoms with Crippen molar-refractivity contribution in [2.75, 3.05) is 0 Å². The molecular weight excluding hydrogens is 401 g/mol. The summed E-state index contributed by atoms with van der Waals surface area (Å²) in [5, 5.41) is 0.254. The Balaban J connectivity index is 1.48. The van der Waals surface area contributed by atoms with Gasteiger partial charge in [-0.25, -0.2) is 0 Å². The summed E-state index contributed by atoms with van der Waals surface area (Å²) in [7, 11) is -0.859. The summed E-state index contributed by atoms with van der Waals surface area (Å²) in [6.07, 6.45) is 7.86. The molecule has 3 aliphatic carbocycles. The third kappa shape index (κ3) is 1.62. The Bertz CT molecular complexity index is 543. The molecule has 1 spiro atoms. The minimum atomic E-state index is -0.859. The van der Waals surface area contributed by atoms with E-state index in [1.807, 2.05) is 0 Å². The third-order valence-electron chi connectivity index (χ3n) is 6.36. The Labute approximate surface area is 141 Å². The summed E-state index contributed by atoms with van der Waals surface area (Å²) >= 11 is 2.34. The first-order chi connectivity index (χ1) is 10.1. The molecular formula is C15H22INO3S. The van der Waals surface area contributed by atoms with E-state index in [0.717, 1.165) is 6.42 Å². The van der Waals surface area contributed by atoms with Crippen molar-refractivity contribution >= 4 is 33.4 Å². The van der Waals surface area contributed by atoms with Gasteiger partial charge < -0.3 is 0 Å². The van der Waals surface area contributed by atoms with Crippen molar-refractivity contribution in [2.24, 2.45) is 5.92 Å². The molecule has 0 aromatic carbocycles. The zero-order valence-electron chi connectivity index (χ0n) is 12.2. The fourth-order valence-electron chi connectivity index (χ4n) is 5.70. The Kier molecular flexibility index (Phi) is 3.21. The van der Waals surface area contributed by atoms with Gasteiger partial charge >= 0.3 is 142 Å². The number of halogens is 1. The van der Waals surface area contributed by atoms with E-state index >= 15 is 0 Å². The molecule has 2 bridgehead atoms. The van der Waals surface area contributed by atoms with Gasteiger partial charge in [0.05, 0.1) is 0 Å². The SMILES string of the molecule is CC(I)OC1C2C3CC4[S-](#[O+])N(C5CCCCC5)C1C24O3. The van der Waals surface area contributed by atoms with Crippen LogP contribution in [-0.4, -0.2) is 43.6 Å². The van der Waals surface area contributed by atoms with Crippen molar-refractivity contribution in [1.29, 1.82) is 0 Å². The maximum absolute atomic E-state index is 13.1. The van der Waals surface area contributed by atoms with Crippen molar-refractivity contribution in [2.45, 2.75) is 84.7 Å². The van der Waals surface area contributed by atoms with Crippen LogP contribution in [0.15, 0.2) is 0 Å². The Morgan fingerprint density at radius 1 is 1.38 bits per heavy atom. The molecule has 0 aromatic heterocycles. The number of ether oxygens (including phenoxy) is 2. The second kappa shape index (κ2) is 4.72. The van der Waals surface area contributed by atoms with E-state index in [2.05, 4.69) is 33.8 Å². The molecule has 0 N–H and O–H groups in total. The zero-order chi connectivity index (χ0) is 14.4. The summed E-state index contributed by atoms with van der Waals surface area (Å²) in [6, 6.07) is 0.746. The van der Waals surface area contributed by atoms with Crippen LogP contribution in [0.25, 0.3) is 0 Å². The minimum absolute atomic E-state index is 0.0941. The molecule has 0 aromatic rings. The normalized spacial score (nSPS) is 54.0. The number of hydrogen-bond acceptors (Lipinski definition) is 4. The Hall–Kier alpha value is 0.920. The molecule has 6 heteroatoms. The van der Waals surface area contributed by atoms with Gasteiger partial charge in [-0.2, -0.15) is 0 Å². The van der Waals surface area contributed by atoms with Crippen LogP contribution in [0.3, 0.4) is 0 Å². The summed E-state index contributed by atoms with van der Waals surface area (Å²) < 4.78 is 28.1. The quantitative estimate of drug-likeness (QED) is 0.303. The second-order valence-electron chi connectivity index (χ2n) is 7.28. The molecule has 3 saturated heterocycles. The van der Waals surface area contributed by atoms with E-state index < -0.39 is 10.8 Å². The average molecular weight is 423 g/mol. The topological polar surface area (TPSA) is 41.6 Å². The van der Waals surface area contributed by atoms with Gasteiger partial charge in [0, 0.05) is 0 Å². The number of alkyl halides is 1. The first-order valence-corrected chi connectivity index (χ1v) is 10.7. The second-order valence-corrected chi connectivity index (χ2v) is 10.6. The van der Waals surface area contributed by atoms with Crippen molar-refractivity contribution in [3.05, 3.63) is 0 Å². The van der Waals surface area contributed by atoms with Gasteiger partial charge in [0.15, 0.2) is 0 Å². The van der Waals surface area contributed by atoms with Gasteiger partial charge in [-0.1, -0.05) is 0 Å². The predicted octanol–water partition coefficient (Wildman–Crippen LogP) is 2.59. The molecule has 7 atom stereocenters. The molecule has 3 aliphatic heterocycles. The van der Waals surface area contributed by atoms with Gasteiger partial charge in [-0.05, 0) is 0 Å². The fraction of sp³-hybridized carbons (Fsp3) is 1.00. The molecule has 4 nitrogen and oxygen atoms in total. The van der Waals surface area contributed by atoms with E-state index in [1.165, 1.54) is 32.1 Å². The number of hydrogen-bond donors (Lipinski definition) is 0. The molecule has 3 saturated carbocycles. The van der Waals surface area contributed by atoms with Gasteiger partial charge in [-0.3, -0.25) is 0 Å². The van der Waals surface area contributed by atoms with Gasteiger partial charge in [0.1, 0.15) is 0 Å². The molecule has 0 radical (unpaired) electrons. The summed E-state index contributed by atoms with van der Waals surface area (Å²) in [4.78, 5) is 0. The van der Waals surface area contributed by atoms with Crippen LogP contribution in [0, 0.1) is 5.92 Å². The van der Waals surface area contributed by atoms with Gasteiger partial charge in [0.25, 0.3) is 0 Å². The van der Waals surface area contributed by atoms with Crippen LogP contribution in [0.2, 0.25) is 0 Å². The molecule has 7 unspecified atom stereocenters. The molecule has 118 valence electrons. The van der Waals surface area contributed by atoms with Crippen LogP contribution < -0.4 is 0 Å². The molecule has 21 heavy (non-hydrogen) atoms. The molecule has 3 heterocycles. The zero-order valence-corrected chi connectivity index (χ0v) is 15.2. The van der Waals surface area contributed by atoms with Crippen molar-refractivity contribution in [3.8, 4) is 0 Å². The first-order valence-electron chi connectivity index (χ1n) is 8.31. The summed E-state index contributed by atoms with van der Waals surface area (Å²) in [5.41, 5.74) is -0.0941. The summed E-state index contributed by atoms with van der Waals surface area (Å²) in [5.74, 6) is 0.516. The average Bonchev–Trinajstić information content (AvgIpc) is 3.03. The maximum atomic E-state index is 13.1. The Morgan fingerprint density at radius 2 is 2.14 bits per heavy atom. The van der Waals surface area contributed by atoms with Gasteiger partial charge in [-0.15, -0.1) is 0 Å². The van der Waals surface area contributed by atoms with Crippen LogP contribution in [0.1, 0.15) is 45.4 Å². The Morgan fingerprint density at radius 3 is 2.86 bits per heavy atom. The van der Waals surface area contributed by atoms with Crippen LogP contribution in [-0.2, 0) is 24.3 Å². The van der Waals surface area contributed by atoms with Crippen molar-refractivity contribution in [1.82, 2.24) is 4.31 Å². The van der Waals surface area contributed by atoms with Crippen LogP contribution >= 0.6 is 22.6 Å². The fourth-order valence-corrected chi connectivity index (χ4v) is 8.37. The van der Waals surface area contributed by atoms with E-state index in [-0.39, 0.29) is 27.1 Å². The first kappa shape index (κ1) is 14.3. The van der Waals surface area contributed by atoms with Gasteiger partial charge in [0.2, 0.25) is 0 Å². The number of nitrogens with zero attached hydrogens (tertiary/aromatic N) is 1. The third-order valence-corrected chi connectivity index (χ3v) is 8.64. The van der Waals surface area contributed by atoms with E-state index in [1.54, 1.807) is 0 Å². The number of rotatable bonds is 3. The molecule has 6 fully saturated rings. The van der Waals surface area contributed by atoms with Crippen LogP contribution in [0.4, 0.5) is 0 Å². The molecule has 6 aliphatic rings. The van der Waals surface area contributed by atoms with Crippen LogP contribution in [0.5, 0.6) is 0 Å². The summed E-state index contributed by atoms with van der Waals surface area (Å²) in [6.45, 7) is 2.10. The standard InChI is InChI=1S/C15H22INO3S/c1-8(16)19-13-12-10-7-11-15(12,20-10)14(13)17(21(11)18)9-5-3-2-4-6-9/h8-14H,2-7H2,1H3. The predicted molar refractivity (Wildman–Crippen MR) is 88.4 cm³/mol. The van der Waals surface area contributed by atoms with Crippen molar-refractivity contribution in [3.63, 3.8) is 0 Å². The monoisotopic (exact) mass is 423 g/mol. The van der Waals surface area contributed by atoms with E-state index in [9.17, 15) is 4.04 Å². The van der Waals surface area contributed by atoms with E-state index in [4.69, 9.17) is 9.47 Å². The molecule has 0 amide bonds. The van der Waals surface area contributed by atoms with Crippen molar-refractivity contribution < 1.29 is 13.5 Å².